The summed E-state index contributed by atoms with van der Waals surface area (Å²) in [6.07, 6.45) is 3.05. The number of H-pyrrole nitrogens is 1. The van der Waals surface area contributed by atoms with Gasteiger partial charge in [-0.3, -0.25) is 9.89 Å². The van der Waals surface area contributed by atoms with E-state index in [9.17, 15) is 4.79 Å². The van der Waals surface area contributed by atoms with Crippen molar-refractivity contribution in [2.45, 2.75) is 38.3 Å². The second kappa shape index (κ2) is 6.47. The van der Waals surface area contributed by atoms with Crippen molar-refractivity contribution in [1.29, 1.82) is 0 Å². The zero-order valence-corrected chi connectivity index (χ0v) is 13.2. The molecule has 1 amide bonds. The first-order valence-electron chi connectivity index (χ1n) is 7.89. The molecule has 1 saturated heterocycles. The molecule has 0 spiro atoms. The molecule has 1 atom stereocenters. The largest absolute Gasteiger partial charge is 0.324 e. The Morgan fingerprint density at radius 2 is 2.13 bits per heavy atom. The molecule has 2 aromatic rings. The molecule has 7 nitrogen and oxygen atoms in total. The topological polar surface area (TPSA) is 109 Å². The molecule has 2 heterocycles. The number of aromatic nitrogens is 3. The van der Waals surface area contributed by atoms with Crippen LogP contribution in [0.15, 0.2) is 24.3 Å². The van der Waals surface area contributed by atoms with Crippen molar-refractivity contribution in [1.82, 2.24) is 20.5 Å². The Balaban J connectivity index is 1.68. The number of carbonyl (C=O) groups is 1. The van der Waals surface area contributed by atoms with E-state index in [4.69, 9.17) is 5.73 Å². The summed E-state index contributed by atoms with van der Waals surface area (Å²) in [6.45, 7) is 3.17. The van der Waals surface area contributed by atoms with E-state index in [0.29, 0.717) is 18.2 Å². The van der Waals surface area contributed by atoms with Crippen molar-refractivity contribution in [3.05, 3.63) is 30.1 Å². The van der Waals surface area contributed by atoms with E-state index in [2.05, 4.69) is 25.8 Å². The third kappa shape index (κ3) is 3.40. The summed E-state index contributed by atoms with van der Waals surface area (Å²) in [5.74, 6) is 1.26. The van der Waals surface area contributed by atoms with Crippen LogP contribution in [0.3, 0.4) is 0 Å². The molecular formula is C16H22N6O. The van der Waals surface area contributed by atoms with Gasteiger partial charge in [-0.25, -0.2) is 4.98 Å². The lowest BCUT2D eigenvalue weighted by Crippen LogP contribution is -2.54. The monoisotopic (exact) mass is 314 g/mol. The maximum Gasteiger partial charge on any atom is 0.244 e. The number of anilines is 1. The molecule has 1 aromatic heterocycles. The fourth-order valence-electron chi connectivity index (χ4n) is 2.74. The van der Waals surface area contributed by atoms with E-state index in [0.717, 1.165) is 37.1 Å². The number of amides is 1. The Hall–Kier alpha value is -2.25. The minimum Gasteiger partial charge on any atom is -0.324 e. The first-order valence-corrected chi connectivity index (χ1v) is 7.89. The van der Waals surface area contributed by atoms with Crippen molar-refractivity contribution in [2.75, 3.05) is 11.9 Å². The predicted octanol–water partition coefficient (Wildman–Crippen LogP) is 1.40. The lowest BCUT2D eigenvalue weighted by molar-refractivity contribution is -0.122. The van der Waals surface area contributed by atoms with Crippen LogP contribution in [0.1, 0.15) is 32.0 Å². The van der Waals surface area contributed by atoms with Gasteiger partial charge in [0.15, 0.2) is 5.82 Å². The number of aromatic amines is 1. The van der Waals surface area contributed by atoms with Gasteiger partial charge in [0, 0.05) is 11.3 Å². The molecule has 0 bridgehead atoms. The Labute approximate surface area is 135 Å². The number of piperidine rings is 1. The molecule has 1 fully saturated rings. The summed E-state index contributed by atoms with van der Waals surface area (Å²) < 4.78 is 0. The molecular weight excluding hydrogens is 292 g/mol. The van der Waals surface area contributed by atoms with E-state index in [-0.39, 0.29) is 5.91 Å². The molecule has 5 N–H and O–H groups in total. The van der Waals surface area contributed by atoms with Crippen LogP contribution < -0.4 is 16.4 Å². The molecule has 3 rings (SSSR count). The molecule has 0 saturated carbocycles. The summed E-state index contributed by atoms with van der Waals surface area (Å²) in [5, 5.41) is 13.2. The van der Waals surface area contributed by atoms with Gasteiger partial charge in [-0.15, -0.1) is 0 Å². The molecule has 23 heavy (non-hydrogen) atoms. The predicted molar refractivity (Wildman–Crippen MR) is 88.6 cm³/mol. The van der Waals surface area contributed by atoms with Gasteiger partial charge in [0.2, 0.25) is 5.91 Å². The molecule has 1 aromatic carbocycles. The molecule has 122 valence electrons. The third-order valence-corrected chi connectivity index (χ3v) is 4.25. The smallest absolute Gasteiger partial charge is 0.244 e. The zero-order chi connectivity index (χ0) is 16.3. The van der Waals surface area contributed by atoms with Crippen LogP contribution in [0.4, 0.5) is 5.69 Å². The van der Waals surface area contributed by atoms with E-state index in [1.54, 1.807) is 0 Å². The minimum atomic E-state index is -0.489. The standard InChI is InChI=1S/C16H22N6O/c1-16(8-2-3-9-18-16)15(23)19-12-6-4-11(5-7-12)14-20-13(10-17)21-22-14/h4-7,18H,2-3,8-10,17H2,1H3,(H,19,23)(H,20,21,22). The van der Waals surface area contributed by atoms with Gasteiger partial charge in [-0.05, 0) is 57.0 Å². The Morgan fingerprint density at radius 1 is 1.35 bits per heavy atom. The number of hydrogen-bond donors (Lipinski definition) is 4. The highest BCUT2D eigenvalue weighted by atomic mass is 16.2. The quantitative estimate of drug-likeness (QED) is 0.682. The van der Waals surface area contributed by atoms with Crippen LogP contribution in [-0.2, 0) is 11.3 Å². The number of hydrogen-bond acceptors (Lipinski definition) is 5. The van der Waals surface area contributed by atoms with Crippen molar-refractivity contribution in [3.8, 4) is 11.4 Å². The first kappa shape index (κ1) is 15.6. The van der Waals surface area contributed by atoms with E-state index >= 15 is 0 Å². The molecule has 1 aliphatic rings. The van der Waals surface area contributed by atoms with Crippen LogP contribution in [0.25, 0.3) is 11.4 Å². The van der Waals surface area contributed by atoms with Crippen molar-refractivity contribution >= 4 is 11.6 Å². The zero-order valence-electron chi connectivity index (χ0n) is 13.2. The number of rotatable bonds is 4. The Kier molecular flexibility index (Phi) is 4.40. The Bertz CT molecular complexity index is 672. The fraction of sp³-hybridized carbons (Fsp3) is 0.438. The van der Waals surface area contributed by atoms with E-state index < -0.39 is 5.54 Å². The van der Waals surface area contributed by atoms with Crippen LogP contribution in [0, 0.1) is 0 Å². The van der Waals surface area contributed by atoms with Gasteiger partial charge in [0.25, 0.3) is 0 Å². The highest BCUT2D eigenvalue weighted by Crippen LogP contribution is 2.22. The second-order valence-electron chi connectivity index (χ2n) is 6.06. The normalized spacial score (nSPS) is 21.1. The SMILES string of the molecule is CC1(C(=O)Nc2ccc(-c3n[nH]c(CN)n3)cc2)CCCCN1. The summed E-state index contributed by atoms with van der Waals surface area (Å²) in [6, 6.07) is 7.49. The third-order valence-electron chi connectivity index (χ3n) is 4.25. The van der Waals surface area contributed by atoms with Gasteiger partial charge in [-0.2, -0.15) is 5.10 Å². The number of nitrogens with one attached hydrogen (secondary N) is 3. The lowest BCUT2D eigenvalue weighted by atomic mass is 9.90. The van der Waals surface area contributed by atoms with Crippen LogP contribution in [0.5, 0.6) is 0 Å². The van der Waals surface area contributed by atoms with Crippen LogP contribution in [-0.4, -0.2) is 33.2 Å². The van der Waals surface area contributed by atoms with Crippen molar-refractivity contribution in [3.63, 3.8) is 0 Å². The van der Waals surface area contributed by atoms with Crippen molar-refractivity contribution in [2.24, 2.45) is 5.73 Å². The maximum atomic E-state index is 12.5. The summed E-state index contributed by atoms with van der Waals surface area (Å²) in [5.41, 5.74) is 6.67. The van der Waals surface area contributed by atoms with E-state index in [1.807, 2.05) is 31.2 Å². The molecule has 7 heteroatoms. The Morgan fingerprint density at radius 3 is 2.74 bits per heavy atom. The first-order chi connectivity index (χ1) is 11.1. The summed E-state index contributed by atoms with van der Waals surface area (Å²) in [4.78, 5) is 16.8. The van der Waals surface area contributed by atoms with Crippen LogP contribution >= 0.6 is 0 Å². The van der Waals surface area contributed by atoms with Gasteiger partial charge in [-0.1, -0.05) is 0 Å². The average Bonchev–Trinajstić information content (AvgIpc) is 3.05. The fourth-order valence-corrected chi connectivity index (χ4v) is 2.74. The summed E-state index contributed by atoms with van der Waals surface area (Å²) in [7, 11) is 0. The number of nitrogens with zero attached hydrogens (tertiary/aromatic N) is 2. The number of benzene rings is 1. The average molecular weight is 314 g/mol. The van der Waals surface area contributed by atoms with Gasteiger partial charge < -0.3 is 16.4 Å². The maximum absolute atomic E-state index is 12.5. The highest BCUT2D eigenvalue weighted by molar-refractivity contribution is 5.98. The lowest BCUT2D eigenvalue weighted by Gasteiger charge is -2.33. The minimum absolute atomic E-state index is 0.00765. The van der Waals surface area contributed by atoms with Gasteiger partial charge in [0.1, 0.15) is 5.82 Å². The summed E-state index contributed by atoms with van der Waals surface area (Å²) >= 11 is 0. The molecule has 0 radical (unpaired) electrons. The van der Waals surface area contributed by atoms with Crippen LogP contribution in [0.2, 0.25) is 0 Å². The highest BCUT2D eigenvalue weighted by Gasteiger charge is 2.34. The molecule has 0 aliphatic carbocycles. The second-order valence-corrected chi connectivity index (χ2v) is 6.06. The van der Waals surface area contributed by atoms with Crippen molar-refractivity contribution < 1.29 is 4.79 Å². The van der Waals surface area contributed by atoms with E-state index in [1.165, 1.54) is 0 Å². The van der Waals surface area contributed by atoms with Gasteiger partial charge >= 0.3 is 0 Å². The number of carbonyl (C=O) groups excluding carboxylic acids is 1. The number of nitrogens with two attached hydrogens (primary N) is 1. The van der Waals surface area contributed by atoms with Gasteiger partial charge in [0.05, 0.1) is 12.1 Å². The molecule has 1 unspecified atom stereocenters. The molecule has 1 aliphatic heterocycles.